The third kappa shape index (κ3) is 4.09. The minimum Gasteiger partial charge on any atom is -0.313 e. The highest BCUT2D eigenvalue weighted by Gasteiger charge is 2.23. The smallest absolute Gasteiger partial charge is 0.213 e. The minimum atomic E-state index is -3.05. The molecular formula is C10H20N2O2S. The molecule has 0 spiro atoms. The fourth-order valence-electron chi connectivity index (χ4n) is 2.04. The Bertz CT molecular complexity index is 293. The van der Waals surface area contributed by atoms with Crippen molar-refractivity contribution in [3.8, 4) is 0 Å². The van der Waals surface area contributed by atoms with E-state index in [1.54, 1.807) is 0 Å². The van der Waals surface area contributed by atoms with Crippen LogP contribution in [-0.2, 0) is 10.0 Å². The minimum absolute atomic E-state index is 0.205. The zero-order valence-corrected chi connectivity index (χ0v) is 9.85. The third-order valence-electron chi connectivity index (χ3n) is 3.08. The monoisotopic (exact) mass is 232 g/mol. The number of nitrogens with one attached hydrogen (secondary N) is 2. The molecule has 5 heteroatoms. The molecule has 15 heavy (non-hydrogen) atoms. The Morgan fingerprint density at radius 1 is 1.00 bits per heavy atom. The van der Waals surface area contributed by atoms with Gasteiger partial charge in [-0.3, -0.25) is 0 Å². The van der Waals surface area contributed by atoms with Crippen LogP contribution in [0.1, 0.15) is 38.5 Å². The van der Waals surface area contributed by atoms with E-state index in [0.717, 1.165) is 25.7 Å². The Morgan fingerprint density at radius 2 is 1.67 bits per heavy atom. The Labute approximate surface area is 91.9 Å². The number of hydrogen-bond donors (Lipinski definition) is 2. The van der Waals surface area contributed by atoms with Gasteiger partial charge in [0.15, 0.2) is 0 Å². The molecule has 0 saturated heterocycles. The number of rotatable bonds is 6. The average molecular weight is 232 g/mol. The predicted molar refractivity (Wildman–Crippen MR) is 60.2 cm³/mol. The molecule has 0 heterocycles. The van der Waals surface area contributed by atoms with Crippen LogP contribution in [0.3, 0.4) is 0 Å². The fraction of sp³-hybridized carbons (Fsp3) is 1.00. The lowest BCUT2D eigenvalue weighted by molar-refractivity contribution is 0.548. The maximum absolute atomic E-state index is 11.6. The molecule has 2 aliphatic carbocycles. The van der Waals surface area contributed by atoms with Crippen LogP contribution in [0, 0.1) is 0 Å². The van der Waals surface area contributed by atoms with Crippen LogP contribution in [0.15, 0.2) is 0 Å². The number of hydrogen-bond acceptors (Lipinski definition) is 3. The lowest BCUT2D eigenvalue weighted by Gasteiger charge is -2.12. The summed E-state index contributed by atoms with van der Waals surface area (Å²) >= 11 is 0. The molecule has 4 nitrogen and oxygen atoms in total. The van der Waals surface area contributed by atoms with Crippen molar-refractivity contribution in [1.82, 2.24) is 10.0 Å². The summed E-state index contributed by atoms with van der Waals surface area (Å²) in [4.78, 5) is 0. The Balaban J connectivity index is 1.67. The van der Waals surface area contributed by atoms with Crippen LogP contribution in [0.25, 0.3) is 0 Å². The van der Waals surface area contributed by atoms with Gasteiger partial charge in [-0.15, -0.1) is 0 Å². The molecule has 2 aliphatic rings. The second-order valence-electron chi connectivity index (χ2n) is 4.65. The molecule has 0 aromatic rings. The molecule has 0 aromatic carbocycles. The summed E-state index contributed by atoms with van der Waals surface area (Å²) in [5.74, 6) is 0.222. The molecule has 0 aliphatic heterocycles. The highest BCUT2D eigenvalue weighted by atomic mass is 32.2. The predicted octanol–water partition coefficient (Wildman–Crippen LogP) is 0.600. The summed E-state index contributed by atoms with van der Waals surface area (Å²) in [6.45, 7) is 0.590. The second kappa shape index (κ2) is 4.80. The van der Waals surface area contributed by atoms with E-state index in [1.165, 1.54) is 12.8 Å². The van der Waals surface area contributed by atoms with Crippen LogP contribution in [0.4, 0.5) is 0 Å². The van der Waals surface area contributed by atoms with Crippen molar-refractivity contribution in [2.24, 2.45) is 0 Å². The first-order chi connectivity index (χ1) is 7.16. The molecule has 0 aromatic heterocycles. The van der Waals surface area contributed by atoms with E-state index >= 15 is 0 Å². The van der Waals surface area contributed by atoms with Gasteiger partial charge < -0.3 is 5.32 Å². The van der Waals surface area contributed by atoms with Crippen LogP contribution >= 0.6 is 0 Å². The van der Waals surface area contributed by atoms with Crippen LogP contribution in [0.2, 0.25) is 0 Å². The van der Waals surface area contributed by atoms with Crippen LogP contribution < -0.4 is 10.0 Å². The molecule has 0 atom stereocenters. The van der Waals surface area contributed by atoms with E-state index in [-0.39, 0.29) is 11.8 Å². The van der Waals surface area contributed by atoms with Gasteiger partial charge in [-0.1, -0.05) is 12.8 Å². The third-order valence-corrected chi connectivity index (χ3v) is 4.52. The van der Waals surface area contributed by atoms with E-state index < -0.39 is 10.0 Å². The van der Waals surface area contributed by atoms with Gasteiger partial charge >= 0.3 is 0 Å². The van der Waals surface area contributed by atoms with Crippen molar-refractivity contribution in [3.05, 3.63) is 0 Å². The standard InChI is InChI=1S/C10H20N2O2S/c13-15(14,8-7-11-9-5-6-9)12-10-3-1-2-4-10/h9-12H,1-8H2. The van der Waals surface area contributed by atoms with Gasteiger partial charge in [0.2, 0.25) is 10.0 Å². The van der Waals surface area contributed by atoms with Gasteiger partial charge in [-0.2, -0.15) is 0 Å². The van der Waals surface area contributed by atoms with Crippen molar-refractivity contribution in [1.29, 1.82) is 0 Å². The van der Waals surface area contributed by atoms with Gasteiger partial charge in [0, 0.05) is 18.6 Å². The summed E-state index contributed by atoms with van der Waals surface area (Å²) in [6.07, 6.45) is 6.75. The first-order valence-electron chi connectivity index (χ1n) is 5.89. The maximum atomic E-state index is 11.6. The zero-order valence-electron chi connectivity index (χ0n) is 9.04. The van der Waals surface area contributed by atoms with Crippen molar-refractivity contribution >= 4 is 10.0 Å². The van der Waals surface area contributed by atoms with Crippen molar-refractivity contribution < 1.29 is 8.42 Å². The van der Waals surface area contributed by atoms with Crippen LogP contribution in [-0.4, -0.2) is 32.8 Å². The topological polar surface area (TPSA) is 58.2 Å². The molecule has 0 unspecified atom stereocenters. The quantitative estimate of drug-likeness (QED) is 0.705. The van der Waals surface area contributed by atoms with E-state index in [0.29, 0.717) is 12.6 Å². The molecule has 88 valence electrons. The summed E-state index contributed by atoms with van der Waals surface area (Å²) < 4.78 is 26.1. The fourth-order valence-corrected chi connectivity index (χ4v) is 3.29. The summed E-state index contributed by atoms with van der Waals surface area (Å²) in [7, 11) is -3.05. The Morgan fingerprint density at radius 3 is 2.27 bits per heavy atom. The molecular weight excluding hydrogens is 212 g/mol. The molecule has 0 bridgehead atoms. The van der Waals surface area contributed by atoms with E-state index in [2.05, 4.69) is 10.0 Å². The van der Waals surface area contributed by atoms with Gasteiger partial charge in [0.1, 0.15) is 0 Å². The average Bonchev–Trinajstić information content (AvgIpc) is 2.83. The van der Waals surface area contributed by atoms with Gasteiger partial charge in [0.25, 0.3) is 0 Å². The summed E-state index contributed by atoms with van der Waals surface area (Å²) in [5, 5.41) is 3.22. The van der Waals surface area contributed by atoms with E-state index in [9.17, 15) is 8.42 Å². The Kier molecular flexibility index (Phi) is 3.64. The first-order valence-corrected chi connectivity index (χ1v) is 7.54. The lowest BCUT2D eigenvalue weighted by Crippen LogP contribution is -2.37. The molecule has 2 N–H and O–H groups in total. The lowest BCUT2D eigenvalue weighted by atomic mass is 10.3. The normalized spacial score (nSPS) is 23.5. The molecule has 0 radical (unpaired) electrons. The molecule has 2 saturated carbocycles. The first kappa shape index (κ1) is 11.4. The van der Waals surface area contributed by atoms with E-state index in [4.69, 9.17) is 0 Å². The molecule has 2 rings (SSSR count). The zero-order chi connectivity index (χ0) is 10.7. The Hall–Kier alpha value is -0.130. The number of sulfonamides is 1. The summed E-state index contributed by atoms with van der Waals surface area (Å²) in [6, 6.07) is 0.794. The SMILES string of the molecule is O=S(=O)(CCNC1CC1)NC1CCCC1. The van der Waals surface area contributed by atoms with Gasteiger partial charge in [0.05, 0.1) is 5.75 Å². The van der Waals surface area contributed by atoms with Gasteiger partial charge in [-0.05, 0) is 25.7 Å². The highest BCUT2D eigenvalue weighted by Crippen LogP contribution is 2.19. The largest absolute Gasteiger partial charge is 0.313 e. The summed E-state index contributed by atoms with van der Waals surface area (Å²) in [5.41, 5.74) is 0. The van der Waals surface area contributed by atoms with E-state index in [1.807, 2.05) is 0 Å². The van der Waals surface area contributed by atoms with Crippen molar-refractivity contribution in [2.45, 2.75) is 50.6 Å². The van der Waals surface area contributed by atoms with Crippen LogP contribution in [0.5, 0.6) is 0 Å². The second-order valence-corrected chi connectivity index (χ2v) is 6.52. The highest BCUT2D eigenvalue weighted by molar-refractivity contribution is 7.89. The van der Waals surface area contributed by atoms with Gasteiger partial charge in [-0.25, -0.2) is 13.1 Å². The molecule has 0 amide bonds. The van der Waals surface area contributed by atoms with Crippen molar-refractivity contribution in [3.63, 3.8) is 0 Å². The maximum Gasteiger partial charge on any atom is 0.213 e. The van der Waals surface area contributed by atoms with Crippen molar-refractivity contribution in [2.75, 3.05) is 12.3 Å². The molecule has 2 fully saturated rings.